The van der Waals surface area contributed by atoms with E-state index in [0.717, 1.165) is 61.0 Å². The molecule has 0 aliphatic heterocycles. The first kappa shape index (κ1) is 26.7. The molecule has 0 fully saturated rings. The quantitative estimate of drug-likeness (QED) is 0.187. The third kappa shape index (κ3) is 4.11. The molecular weight excluding hydrogens is 583 g/mol. The van der Waals surface area contributed by atoms with E-state index in [1.807, 2.05) is 12.3 Å². The highest BCUT2D eigenvalue weighted by Crippen LogP contribution is 2.43. The van der Waals surface area contributed by atoms with Gasteiger partial charge in [0.1, 0.15) is 0 Å². The third-order valence-electron chi connectivity index (χ3n) is 9.66. The van der Waals surface area contributed by atoms with Gasteiger partial charge in [0.15, 0.2) is 0 Å². The fourth-order valence-corrected chi connectivity index (χ4v) is 7.40. The lowest BCUT2D eigenvalue weighted by atomic mass is 9.89. The van der Waals surface area contributed by atoms with E-state index >= 15 is 0 Å². The molecule has 0 aliphatic rings. The first-order chi connectivity index (χ1) is 23.8. The molecule has 7 aromatic carbocycles. The Hall–Kier alpha value is -6.45. The number of aromatic nitrogens is 3. The molecule has 10 aromatic rings. The maximum Gasteiger partial charge on any atom is 0.0972 e. The topological polar surface area (TPSA) is 38.7 Å². The monoisotopic (exact) mass is 609 g/mol. The summed E-state index contributed by atoms with van der Waals surface area (Å²) in [5.74, 6) is 0. The summed E-state index contributed by atoms with van der Waals surface area (Å²) in [5, 5.41) is 10.8. The molecule has 48 heavy (non-hydrogen) atoms. The van der Waals surface area contributed by atoms with E-state index in [1.54, 1.807) is 0 Å². The highest BCUT2D eigenvalue weighted by Gasteiger charge is 2.17. The molecule has 0 saturated carbocycles. The number of rotatable bonds is 3. The van der Waals surface area contributed by atoms with E-state index < -0.39 is 0 Å². The second-order valence-electron chi connectivity index (χ2n) is 12.4. The summed E-state index contributed by atoms with van der Waals surface area (Å²) in [4.78, 5) is 15.0. The van der Waals surface area contributed by atoms with Crippen LogP contribution in [0.15, 0.2) is 164 Å². The Morgan fingerprint density at radius 3 is 1.77 bits per heavy atom. The molecule has 0 N–H and O–H groups in total. The van der Waals surface area contributed by atoms with Crippen LogP contribution in [-0.4, -0.2) is 15.0 Å². The van der Waals surface area contributed by atoms with Gasteiger partial charge in [-0.15, -0.1) is 0 Å². The zero-order valence-electron chi connectivity index (χ0n) is 25.9. The van der Waals surface area contributed by atoms with Gasteiger partial charge < -0.3 is 0 Å². The molecule has 0 radical (unpaired) electrons. The Morgan fingerprint density at radius 2 is 0.979 bits per heavy atom. The van der Waals surface area contributed by atoms with Crippen molar-refractivity contribution in [3.05, 3.63) is 164 Å². The van der Waals surface area contributed by atoms with Crippen LogP contribution in [0, 0.1) is 0 Å². The Balaban J connectivity index is 1.13. The fraction of sp³-hybridized carbons (Fsp3) is 0. The number of para-hydroxylation sites is 1. The van der Waals surface area contributed by atoms with Crippen molar-refractivity contribution in [3.8, 4) is 33.6 Å². The number of hydrogen-bond acceptors (Lipinski definition) is 3. The van der Waals surface area contributed by atoms with Crippen LogP contribution in [0.2, 0.25) is 0 Å². The summed E-state index contributed by atoms with van der Waals surface area (Å²) < 4.78 is 0. The number of benzene rings is 7. The summed E-state index contributed by atoms with van der Waals surface area (Å²) in [6.07, 6.45) is 1.83. The highest BCUT2D eigenvalue weighted by atomic mass is 14.8. The molecule has 0 spiro atoms. The van der Waals surface area contributed by atoms with Gasteiger partial charge in [-0.1, -0.05) is 133 Å². The van der Waals surface area contributed by atoms with Gasteiger partial charge in [-0.25, -0.2) is 9.97 Å². The van der Waals surface area contributed by atoms with E-state index in [9.17, 15) is 0 Å². The van der Waals surface area contributed by atoms with E-state index in [0.29, 0.717) is 0 Å². The highest BCUT2D eigenvalue weighted by molar-refractivity contribution is 6.33. The smallest absolute Gasteiger partial charge is 0.0972 e. The summed E-state index contributed by atoms with van der Waals surface area (Å²) >= 11 is 0. The van der Waals surface area contributed by atoms with Crippen molar-refractivity contribution in [2.45, 2.75) is 0 Å². The van der Waals surface area contributed by atoms with Crippen molar-refractivity contribution in [2.24, 2.45) is 0 Å². The van der Waals surface area contributed by atoms with Crippen LogP contribution in [0.1, 0.15) is 0 Å². The molecule has 0 unspecified atom stereocenters. The summed E-state index contributed by atoms with van der Waals surface area (Å²) in [5.41, 5.74) is 9.27. The Kier molecular flexibility index (Phi) is 5.87. The van der Waals surface area contributed by atoms with Crippen LogP contribution in [0.25, 0.3) is 98.7 Å². The van der Waals surface area contributed by atoms with Gasteiger partial charge in [-0.2, -0.15) is 0 Å². The van der Waals surface area contributed by atoms with Crippen molar-refractivity contribution in [1.82, 2.24) is 15.0 Å². The molecule has 0 aliphatic carbocycles. The molecule has 3 nitrogen and oxygen atoms in total. The zero-order valence-corrected chi connectivity index (χ0v) is 25.9. The molecule has 0 saturated heterocycles. The minimum absolute atomic E-state index is 0.929. The van der Waals surface area contributed by atoms with E-state index in [-0.39, 0.29) is 0 Å². The second-order valence-corrected chi connectivity index (χ2v) is 12.4. The number of fused-ring (bicyclic) bond motifs is 11. The van der Waals surface area contributed by atoms with Gasteiger partial charge in [0.25, 0.3) is 0 Å². The van der Waals surface area contributed by atoms with Gasteiger partial charge in [0.05, 0.1) is 27.9 Å². The first-order valence-corrected chi connectivity index (χ1v) is 16.3. The zero-order chi connectivity index (χ0) is 31.6. The van der Waals surface area contributed by atoms with Crippen molar-refractivity contribution >= 4 is 65.0 Å². The van der Waals surface area contributed by atoms with Gasteiger partial charge in [0, 0.05) is 44.3 Å². The molecule has 3 aromatic heterocycles. The Morgan fingerprint density at radius 1 is 0.354 bits per heavy atom. The number of hydrogen-bond donors (Lipinski definition) is 0. The standard InChI is InChI=1S/C45H27N3/c1-3-14-36-34(12-1)35-13-2-4-15-37(35)42-41(36)38-16-5-6-17-40(38)48-43(42)33-10-7-9-32(27-33)28-18-20-29(21-19-28)39-25-24-31-23-22-30-11-8-26-46-44(30)45(31)47-39/h1-27H. The average Bonchev–Trinajstić information content (AvgIpc) is 3.17. The van der Waals surface area contributed by atoms with E-state index in [1.165, 1.54) is 37.7 Å². The van der Waals surface area contributed by atoms with Crippen molar-refractivity contribution < 1.29 is 0 Å². The van der Waals surface area contributed by atoms with Gasteiger partial charge in [0.2, 0.25) is 0 Å². The average molecular weight is 610 g/mol. The van der Waals surface area contributed by atoms with Crippen molar-refractivity contribution in [3.63, 3.8) is 0 Å². The van der Waals surface area contributed by atoms with Crippen LogP contribution in [-0.2, 0) is 0 Å². The van der Waals surface area contributed by atoms with Gasteiger partial charge in [-0.05, 0) is 56.9 Å². The predicted molar refractivity (Wildman–Crippen MR) is 201 cm³/mol. The summed E-state index contributed by atoms with van der Waals surface area (Å²) in [6, 6.07) is 56.0. The maximum atomic E-state index is 5.35. The predicted octanol–water partition coefficient (Wildman–Crippen LogP) is 11.8. The van der Waals surface area contributed by atoms with Crippen LogP contribution in [0.3, 0.4) is 0 Å². The molecular formula is C45H27N3. The lowest BCUT2D eigenvalue weighted by Gasteiger charge is -2.16. The fourth-order valence-electron chi connectivity index (χ4n) is 7.40. The molecule has 0 atom stereocenters. The van der Waals surface area contributed by atoms with Crippen LogP contribution in [0.4, 0.5) is 0 Å². The van der Waals surface area contributed by atoms with Crippen LogP contribution < -0.4 is 0 Å². The van der Waals surface area contributed by atoms with Crippen LogP contribution in [0.5, 0.6) is 0 Å². The van der Waals surface area contributed by atoms with E-state index in [2.05, 4.69) is 157 Å². The Labute approximate surface area is 276 Å². The number of nitrogens with zero attached hydrogens (tertiary/aromatic N) is 3. The molecule has 0 bridgehead atoms. The largest absolute Gasteiger partial charge is 0.254 e. The maximum absolute atomic E-state index is 5.35. The van der Waals surface area contributed by atoms with Gasteiger partial charge >= 0.3 is 0 Å². The normalized spacial score (nSPS) is 11.8. The molecule has 10 rings (SSSR count). The lowest BCUT2D eigenvalue weighted by molar-refractivity contribution is 1.37. The molecule has 3 heterocycles. The van der Waals surface area contributed by atoms with Crippen molar-refractivity contribution in [1.29, 1.82) is 0 Å². The van der Waals surface area contributed by atoms with Crippen LogP contribution >= 0.6 is 0 Å². The molecule has 222 valence electrons. The first-order valence-electron chi connectivity index (χ1n) is 16.3. The lowest BCUT2D eigenvalue weighted by Crippen LogP contribution is -1.93. The minimum atomic E-state index is 0.929. The Bertz CT molecular complexity index is 2890. The van der Waals surface area contributed by atoms with Crippen molar-refractivity contribution in [2.75, 3.05) is 0 Å². The third-order valence-corrected chi connectivity index (χ3v) is 9.66. The number of pyridine rings is 3. The minimum Gasteiger partial charge on any atom is -0.254 e. The van der Waals surface area contributed by atoms with Gasteiger partial charge in [-0.3, -0.25) is 4.98 Å². The van der Waals surface area contributed by atoms with E-state index in [4.69, 9.17) is 9.97 Å². The second kappa shape index (κ2) is 10.5. The molecule has 0 amide bonds. The summed E-state index contributed by atoms with van der Waals surface area (Å²) in [7, 11) is 0. The molecule has 3 heteroatoms. The summed E-state index contributed by atoms with van der Waals surface area (Å²) in [6.45, 7) is 0. The SMILES string of the molecule is c1cc(-c2ccc(-c3ccc4ccc5cccnc5c4n3)cc2)cc(-c2nc3ccccc3c3c4ccccc4c4ccccc4c23)c1.